The van der Waals surface area contributed by atoms with Crippen molar-refractivity contribution in [3.63, 3.8) is 0 Å². The number of nitrogens with one attached hydrogen (secondary N) is 1. The van der Waals surface area contributed by atoms with Crippen molar-refractivity contribution in [1.82, 2.24) is 19.8 Å². The lowest BCUT2D eigenvalue weighted by atomic mass is 9.83. The largest absolute Gasteiger partial charge is 0.497 e. The number of carbonyl (C=O) groups is 2. The predicted octanol–water partition coefficient (Wildman–Crippen LogP) is 3.39. The average molecular weight is 545 g/mol. The van der Waals surface area contributed by atoms with Crippen LogP contribution in [0.2, 0.25) is 0 Å². The van der Waals surface area contributed by atoms with Crippen LogP contribution < -0.4 is 4.74 Å². The van der Waals surface area contributed by atoms with E-state index in [1.54, 1.807) is 42.6 Å². The summed E-state index contributed by atoms with van der Waals surface area (Å²) >= 11 is 0. The Morgan fingerprint density at radius 1 is 1.18 bits per heavy atom. The molecule has 208 valence electrons. The van der Waals surface area contributed by atoms with E-state index in [9.17, 15) is 27.9 Å². The fourth-order valence-electron chi connectivity index (χ4n) is 4.95. The maximum absolute atomic E-state index is 13.8. The molecule has 3 aromatic rings. The van der Waals surface area contributed by atoms with Gasteiger partial charge >= 0.3 is 12.1 Å². The van der Waals surface area contributed by atoms with Crippen molar-refractivity contribution < 1.29 is 32.6 Å². The molecule has 1 aliphatic rings. The molecule has 0 unspecified atom stereocenters. The Morgan fingerprint density at radius 2 is 1.87 bits per heavy atom. The van der Waals surface area contributed by atoms with Crippen LogP contribution in [0.4, 0.5) is 13.2 Å². The fourth-order valence-corrected chi connectivity index (χ4v) is 4.95. The van der Waals surface area contributed by atoms with Crippen molar-refractivity contribution in [2.45, 2.75) is 44.0 Å². The Morgan fingerprint density at radius 3 is 2.46 bits per heavy atom. The monoisotopic (exact) mass is 544 g/mol. The lowest BCUT2D eigenvalue weighted by Crippen LogP contribution is -2.66. The minimum absolute atomic E-state index is 0.0862. The summed E-state index contributed by atoms with van der Waals surface area (Å²) in [6.07, 6.45) is -1.71. The molecule has 0 radical (unpaired) electrons. The van der Waals surface area contributed by atoms with Gasteiger partial charge < -0.3 is 24.6 Å². The summed E-state index contributed by atoms with van der Waals surface area (Å²) in [7, 11) is 1.49. The molecule has 11 heteroatoms. The molecule has 8 nitrogen and oxygen atoms in total. The van der Waals surface area contributed by atoms with Crippen LogP contribution in [0.25, 0.3) is 0 Å². The van der Waals surface area contributed by atoms with Gasteiger partial charge in [0.05, 0.1) is 32.2 Å². The molecule has 1 aliphatic heterocycles. The second kappa shape index (κ2) is 11.5. The highest BCUT2D eigenvalue weighted by Gasteiger charge is 2.51. The number of hydrogen-bond acceptors (Lipinski definition) is 5. The van der Waals surface area contributed by atoms with Crippen molar-refractivity contribution >= 4 is 11.8 Å². The van der Waals surface area contributed by atoms with Gasteiger partial charge in [-0.25, -0.2) is 4.98 Å². The van der Waals surface area contributed by atoms with E-state index in [2.05, 4.69) is 9.97 Å². The first-order valence-electron chi connectivity index (χ1n) is 12.6. The number of nitrogens with zero attached hydrogens (tertiary/aromatic N) is 3. The summed E-state index contributed by atoms with van der Waals surface area (Å²) in [5.41, 5.74) is 1.39. The summed E-state index contributed by atoms with van der Waals surface area (Å²) < 4.78 is 46.4. The number of rotatable bonds is 10. The smallest absolute Gasteiger partial charge is 0.471 e. The number of carbonyl (C=O) groups excluding carboxylic acids is 2. The fraction of sp³-hybridized carbons (Fsp3) is 0.393. The van der Waals surface area contributed by atoms with Gasteiger partial charge in [0.1, 0.15) is 17.4 Å². The van der Waals surface area contributed by atoms with Crippen LogP contribution >= 0.6 is 0 Å². The minimum Gasteiger partial charge on any atom is -0.497 e. The third-order valence-corrected chi connectivity index (χ3v) is 7.00. The Labute approximate surface area is 224 Å². The number of aliphatic hydroxyl groups is 1. The Hall–Kier alpha value is -3.86. The van der Waals surface area contributed by atoms with Gasteiger partial charge in [-0.2, -0.15) is 13.2 Å². The molecule has 2 heterocycles. The summed E-state index contributed by atoms with van der Waals surface area (Å²) in [6, 6.07) is 12.4. The summed E-state index contributed by atoms with van der Waals surface area (Å²) in [4.78, 5) is 35.2. The third-order valence-electron chi connectivity index (χ3n) is 7.00. The number of hydrogen-bond donors (Lipinski definition) is 2. The van der Waals surface area contributed by atoms with E-state index in [1.165, 1.54) is 18.3 Å². The molecule has 39 heavy (non-hydrogen) atoms. The maximum Gasteiger partial charge on any atom is 0.471 e. The molecular formula is C28H31F3N4O4. The number of likely N-dealkylation sites (tertiary alicyclic amines) is 1. The highest BCUT2D eigenvalue weighted by atomic mass is 19.4. The number of aromatic nitrogens is 2. The number of aryl methyl sites for hydroxylation is 2. The SMILES string of the molecule is COc1ccc(C[C@@H](C(=O)N2CC(O)(c3ccccc3C)C2)N(CCCc2c[nH]cn2)C(=O)C(F)(F)F)cc1. The molecule has 2 aromatic carbocycles. The minimum atomic E-state index is -5.17. The number of halogens is 3. The van der Waals surface area contributed by atoms with Gasteiger partial charge in [-0.05, 0) is 48.6 Å². The molecular weight excluding hydrogens is 513 g/mol. The topological polar surface area (TPSA) is 98.8 Å². The van der Waals surface area contributed by atoms with Crippen LogP contribution in [0.15, 0.2) is 61.1 Å². The van der Waals surface area contributed by atoms with Crippen LogP contribution in [0.1, 0.15) is 28.8 Å². The van der Waals surface area contributed by atoms with Crippen molar-refractivity contribution in [3.05, 3.63) is 83.4 Å². The van der Waals surface area contributed by atoms with Gasteiger partial charge in [0.2, 0.25) is 5.91 Å². The lowest BCUT2D eigenvalue weighted by Gasteiger charge is -2.49. The molecule has 1 atom stereocenters. The van der Waals surface area contributed by atoms with Gasteiger partial charge in [-0.1, -0.05) is 36.4 Å². The molecule has 0 aliphatic carbocycles. The van der Waals surface area contributed by atoms with E-state index in [1.807, 2.05) is 19.1 Å². The number of amides is 2. The van der Waals surface area contributed by atoms with E-state index in [-0.39, 0.29) is 32.5 Å². The molecule has 0 spiro atoms. The predicted molar refractivity (Wildman–Crippen MR) is 137 cm³/mol. The van der Waals surface area contributed by atoms with E-state index in [0.29, 0.717) is 33.9 Å². The normalized spacial score (nSPS) is 15.4. The van der Waals surface area contributed by atoms with Crippen LogP contribution in [0, 0.1) is 6.92 Å². The van der Waals surface area contributed by atoms with Gasteiger partial charge in [0.15, 0.2) is 0 Å². The highest BCUT2D eigenvalue weighted by Crippen LogP contribution is 2.35. The van der Waals surface area contributed by atoms with Crippen LogP contribution in [0.5, 0.6) is 5.75 Å². The number of β-amino-alcohol motifs (C(OH)–C–C–N with tert-alkyl or cyclic N) is 1. The van der Waals surface area contributed by atoms with Crippen molar-refractivity contribution in [2.24, 2.45) is 0 Å². The van der Waals surface area contributed by atoms with Gasteiger partial charge in [0.25, 0.3) is 0 Å². The Kier molecular flexibility index (Phi) is 8.29. The quantitative estimate of drug-likeness (QED) is 0.408. The second-order valence-corrected chi connectivity index (χ2v) is 9.77. The van der Waals surface area contributed by atoms with Crippen molar-refractivity contribution in [1.29, 1.82) is 0 Å². The first kappa shape index (κ1) is 28.2. The molecule has 0 bridgehead atoms. The molecule has 1 saturated heterocycles. The number of alkyl halides is 3. The van der Waals surface area contributed by atoms with E-state index < -0.39 is 29.6 Å². The molecule has 2 N–H and O–H groups in total. The van der Waals surface area contributed by atoms with Crippen LogP contribution in [0.3, 0.4) is 0 Å². The molecule has 0 saturated carbocycles. The number of methoxy groups -OCH3 is 1. The van der Waals surface area contributed by atoms with Crippen molar-refractivity contribution in [2.75, 3.05) is 26.7 Å². The molecule has 4 rings (SSSR count). The zero-order valence-corrected chi connectivity index (χ0v) is 21.7. The first-order chi connectivity index (χ1) is 18.5. The first-order valence-corrected chi connectivity index (χ1v) is 12.6. The summed E-state index contributed by atoms with van der Waals surface area (Å²) in [5, 5.41) is 11.2. The Bertz CT molecular complexity index is 1270. The molecule has 1 fully saturated rings. The number of aromatic amines is 1. The van der Waals surface area contributed by atoms with Gasteiger partial charge in [-0.15, -0.1) is 0 Å². The number of ether oxygens (including phenoxy) is 1. The van der Waals surface area contributed by atoms with Gasteiger partial charge in [-0.3, -0.25) is 9.59 Å². The van der Waals surface area contributed by atoms with Crippen molar-refractivity contribution in [3.8, 4) is 5.75 Å². The molecule has 2 amide bonds. The Balaban J connectivity index is 1.60. The number of imidazole rings is 1. The number of H-pyrrole nitrogens is 1. The van der Waals surface area contributed by atoms with Gasteiger partial charge in [0, 0.05) is 19.2 Å². The van der Waals surface area contributed by atoms with E-state index in [4.69, 9.17) is 4.74 Å². The maximum atomic E-state index is 13.8. The standard InChI is InChI=1S/C28H31F3N4O4/c1-19-6-3-4-8-23(19)27(38)16-34(17-27)25(36)24(14-20-9-11-22(39-2)12-10-20)35(26(37)28(29,30)31)13-5-7-21-15-32-18-33-21/h3-4,6,8-12,15,18,24,38H,5,7,13-14,16-17H2,1-2H3,(H,32,33)/t24-/m0/s1. The summed E-state index contributed by atoms with van der Waals surface area (Å²) in [6.45, 7) is 1.37. The highest BCUT2D eigenvalue weighted by molar-refractivity contribution is 5.90. The zero-order valence-electron chi connectivity index (χ0n) is 21.7. The summed E-state index contributed by atoms with van der Waals surface area (Å²) in [5.74, 6) is -2.18. The zero-order chi connectivity index (χ0) is 28.2. The third kappa shape index (κ3) is 6.42. The van der Waals surface area contributed by atoms with E-state index in [0.717, 1.165) is 5.56 Å². The molecule has 1 aromatic heterocycles. The average Bonchev–Trinajstić information content (AvgIpc) is 3.41. The number of benzene rings is 2. The second-order valence-electron chi connectivity index (χ2n) is 9.77. The lowest BCUT2D eigenvalue weighted by molar-refractivity contribution is -0.191. The van der Waals surface area contributed by atoms with E-state index >= 15 is 0 Å². The van der Waals surface area contributed by atoms with Crippen LogP contribution in [-0.4, -0.2) is 75.7 Å². The van der Waals surface area contributed by atoms with Crippen LogP contribution in [-0.2, 0) is 28.0 Å².